The lowest BCUT2D eigenvalue weighted by molar-refractivity contribution is -0.159. The van der Waals surface area contributed by atoms with Crippen molar-refractivity contribution in [2.45, 2.75) is 24.0 Å². The van der Waals surface area contributed by atoms with Crippen LogP contribution in [0.2, 0.25) is 0 Å². The van der Waals surface area contributed by atoms with E-state index in [1.807, 2.05) is 30.5 Å². The molecule has 5 nitrogen and oxygen atoms in total. The molecule has 1 fully saturated rings. The van der Waals surface area contributed by atoms with Crippen LogP contribution in [0.4, 0.5) is 0 Å². The molecule has 1 aromatic rings. The molecule has 2 rings (SSSR count). The maximum Gasteiger partial charge on any atom is 0.245 e. The standard InChI is InChI=1S/C14H18N2O3S/c1-14(18-7-8-19-14)9-13(17)16-15-10-11-3-5-12(20-2)6-4-11/h3-6,10H,7-9H2,1-2H3,(H,16,17)/b15-10-. The zero-order valence-electron chi connectivity index (χ0n) is 11.6. The van der Waals surface area contributed by atoms with Gasteiger partial charge in [-0.15, -0.1) is 11.8 Å². The van der Waals surface area contributed by atoms with Gasteiger partial charge in [0.15, 0.2) is 5.79 Å². The SMILES string of the molecule is CSc1ccc(/C=N\NC(=O)CC2(C)OCCO2)cc1. The van der Waals surface area contributed by atoms with E-state index in [0.717, 1.165) is 5.56 Å². The molecule has 1 amide bonds. The van der Waals surface area contributed by atoms with Crippen molar-refractivity contribution in [3.05, 3.63) is 29.8 Å². The molecule has 0 aliphatic carbocycles. The monoisotopic (exact) mass is 294 g/mol. The van der Waals surface area contributed by atoms with E-state index in [9.17, 15) is 4.79 Å². The Bertz CT molecular complexity index is 482. The molecule has 1 N–H and O–H groups in total. The van der Waals surface area contributed by atoms with Gasteiger partial charge in [0, 0.05) is 4.90 Å². The zero-order chi connectivity index (χ0) is 14.4. The smallest absolute Gasteiger partial charge is 0.245 e. The Morgan fingerprint density at radius 1 is 1.40 bits per heavy atom. The number of thioether (sulfide) groups is 1. The number of rotatable bonds is 5. The lowest BCUT2D eigenvalue weighted by atomic mass is 10.2. The Morgan fingerprint density at radius 2 is 2.05 bits per heavy atom. The van der Waals surface area contributed by atoms with Gasteiger partial charge >= 0.3 is 0 Å². The van der Waals surface area contributed by atoms with E-state index in [0.29, 0.717) is 13.2 Å². The van der Waals surface area contributed by atoms with E-state index < -0.39 is 5.79 Å². The molecule has 20 heavy (non-hydrogen) atoms. The number of amides is 1. The van der Waals surface area contributed by atoms with E-state index >= 15 is 0 Å². The molecule has 0 radical (unpaired) electrons. The Hall–Kier alpha value is -1.37. The third-order valence-electron chi connectivity index (χ3n) is 2.90. The highest BCUT2D eigenvalue weighted by atomic mass is 32.2. The number of hydrazone groups is 1. The van der Waals surface area contributed by atoms with Gasteiger partial charge in [0.05, 0.1) is 25.8 Å². The summed E-state index contributed by atoms with van der Waals surface area (Å²) >= 11 is 1.68. The summed E-state index contributed by atoms with van der Waals surface area (Å²) in [6.07, 6.45) is 3.77. The number of nitrogens with one attached hydrogen (secondary N) is 1. The predicted octanol–water partition coefficient (Wildman–Crippen LogP) is 2.01. The minimum absolute atomic E-state index is 0.135. The van der Waals surface area contributed by atoms with Crippen molar-refractivity contribution in [2.75, 3.05) is 19.5 Å². The van der Waals surface area contributed by atoms with Gasteiger partial charge in [-0.05, 0) is 30.9 Å². The first kappa shape index (κ1) is 15.0. The normalized spacial score (nSPS) is 17.5. The number of hydrogen-bond donors (Lipinski definition) is 1. The Balaban J connectivity index is 1.81. The number of carbonyl (C=O) groups is 1. The number of nitrogens with zero attached hydrogens (tertiary/aromatic N) is 1. The molecule has 6 heteroatoms. The van der Waals surface area contributed by atoms with Crippen LogP contribution in [-0.2, 0) is 14.3 Å². The Morgan fingerprint density at radius 3 is 2.65 bits per heavy atom. The van der Waals surface area contributed by atoms with E-state index in [1.54, 1.807) is 24.9 Å². The van der Waals surface area contributed by atoms with Crippen molar-refractivity contribution in [2.24, 2.45) is 5.10 Å². The number of benzene rings is 1. The summed E-state index contributed by atoms with van der Waals surface area (Å²) in [5.41, 5.74) is 3.41. The topological polar surface area (TPSA) is 59.9 Å². The second kappa shape index (κ2) is 6.88. The first-order valence-electron chi connectivity index (χ1n) is 6.35. The van der Waals surface area contributed by atoms with Gasteiger partial charge in [-0.1, -0.05) is 12.1 Å². The molecular weight excluding hydrogens is 276 g/mol. The van der Waals surface area contributed by atoms with Crippen molar-refractivity contribution in [1.29, 1.82) is 0 Å². The molecule has 1 heterocycles. The second-order valence-corrected chi connectivity index (χ2v) is 5.45. The fourth-order valence-corrected chi connectivity index (χ4v) is 2.27. The fourth-order valence-electron chi connectivity index (χ4n) is 1.86. The number of ether oxygens (including phenoxy) is 2. The van der Waals surface area contributed by atoms with E-state index in [1.165, 1.54) is 4.90 Å². The molecule has 0 bridgehead atoms. The lowest BCUT2D eigenvalue weighted by Gasteiger charge is -2.20. The van der Waals surface area contributed by atoms with Crippen LogP contribution in [0.15, 0.2) is 34.3 Å². The second-order valence-electron chi connectivity index (χ2n) is 4.57. The summed E-state index contributed by atoms with van der Waals surface area (Å²) in [5.74, 6) is -1.05. The summed E-state index contributed by atoms with van der Waals surface area (Å²) < 4.78 is 10.7. The number of carbonyl (C=O) groups excluding carboxylic acids is 1. The average molecular weight is 294 g/mol. The maximum atomic E-state index is 11.7. The van der Waals surface area contributed by atoms with Crippen molar-refractivity contribution >= 4 is 23.9 Å². The third kappa shape index (κ3) is 4.33. The van der Waals surface area contributed by atoms with Crippen molar-refractivity contribution < 1.29 is 14.3 Å². The van der Waals surface area contributed by atoms with Crippen molar-refractivity contribution in [1.82, 2.24) is 5.43 Å². The highest BCUT2D eigenvalue weighted by Crippen LogP contribution is 2.22. The summed E-state index contributed by atoms with van der Waals surface area (Å²) in [4.78, 5) is 12.9. The average Bonchev–Trinajstić information content (AvgIpc) is 2.86. The summed E-state index contributed by atoms with van der Waals surface area (Å²) in [5, 5.41) is 3.93. The summed E-state index contributed by atoms with van der Waals surface area (Å²) in [6.45, 7) is 2.80. The van der Waals surface area contributed by atoms with Crippen LogP contribution in [0.25, 0.3) is 0 Å². The van der Waals surface area contributed by atoms with Gasteiger partial charge in [0.25, 0.3) is 0 Å². The first-order chi connectivity index (χ1) is 9.61. The highest BCUT2D eigenvalue weighted by Gasteiger charge is 2.33. The van der Waals surface area contributed by atoms with Gasteiger partial charge in [-0.25, -0.2) is 5.43 Å². The molecule has 0 unspecified atom stereocenters. The fraction of sp³-hybridized carbons (Fsp3) is 0.429. The predicted molar refractivity (Wildman–Crippen MR) is 78.9 cm³/mol. The van der Waals surface area contributed by atoms with Crippen LogP contribution in [0, 0.1) is 0 Å². The van der Waals surface area contributed by atoms with Crippen LogP contribution < -0.4 is 5.43 Å². The minimum atomic E-state index is -0.820. The number of hydrogen-bond acceptors (Lipinski definition) is 5. The molecule has 1 aromatic carbocycles. The summed E-state index contributed by atoms with van der Waals surface area (Å²) in [6, 6.07) is 7.92. The summed E-state index contributed by atoms with van der Waals surface area (Å²) in [7, 11) is 0. The maximum absolute atomic E-state index is 11.7. The highest BCUT2D eigenvalue weighted by molar-refractivity contribution is 7.98. The van der Waals surface area contributed by atoms with Crippen LogP contribution in [0.1, 0.15) is 18.9 Å². The quantitative estimate of drug-likeness (QED) is 0.513. The van der Waals surface area contributed by atoms with Crippen LogP contribution >= 0.6 is 11.8 Å². The van der Waals surface area contributed by atoms with Crippen LogP contribution in [-0.4, -0.2) is 37.4 Å². The molecule has 0 saturated carbocycles. The zero-order valence-corrected chi connectivity index (χ0v) is 12.4. The van der Waals surface area contributed by atoms with Crippen molar-refractivity contribution in [3.8, 4) is 0 Å². The molecule has 1 aliphatic heterocycles. The molecule has 1 aliphatic rings. The molecule has 0 atom stereocenters. The van der Waals surface area contributed by atoms with Gasteiger partial charge in [0.1, 0.15) is 0 Å². The van der Waals surface area contributed by atoms with Gasteiger partial charge in [0.2, 0.25) is 5.91 Å². The van der Waals surface area contributed by atoms with Crippen molar-refractivity contribution in [3.63, 3.8) is 0 Å². The first-order valence-corrected chi connectivity index (χ1v) is 7.58. The molecule has 1 saturated heterocycles. The van der Waals surface area contributed by atoms with E-state index in [2.05, 4.69) is 10.5 Å². The van der Waals surface area contributed by atoms with E-state index in [-0.39, 0.29) is 12.3 Å². The van der Waals surface area contributed by atoms with Gasteiger partial charge < -0.3 is 9.47 Å². The van der Waals surface area contributed by atoms with Crippen LogP contribution in [0.3, 0.4) is 0 Å². The Labute approximate surface area is 122 Å². The van der Waals surface area contributed by atoms with Gasteiger partial charge in [-0.2, -0.15) is 5.10 Å². The molecular formula is C14H18N2O3S. The van der Waals surface area contributed by atoms with Gasteiger partial charge in [-0.3, -0.25) is 4.79 Å². The van der Waals surface area contributed by atoms with E-state index in [4.69, 9.17) is 9.47 Å². The molecule has 0 aromatic heterocycles. The van der Waals surface area contributed by atoms with Crippen LogP contribution in [0.5, 0.6) is 0 Å². The molecule has 0 spiro atoms. The molecule has 108 valence electrons. The Kier molecular flexibility index (Phi) is 5.17. The third-order valence-corrected chi connectivity index (χ3v) is 3.64. The lowest BCUT2D eigenvalue weighted by Crippen LogP contribution is -2.33. The largest absolute Gasteiger partial charge is 0.347 e. The minimum Gasteiger partial charge on any atom is -0.347 e.